The highest BCUT2D eigenvalue weighted by molar-refractivity contribution is 7.19. The van der Waals surface area contributed by atoms with Gasteiger partial charge in [0.25, 0.3) is 0 Å². The van der Waals surface area contributed by atoms with Gasteiger partial charge in [-0.15, -0.1) is 0 Å². The Hall–Kier alpha value is -2.98. The van der Waals surface area contributed by atoms with Crippen molar-refractivity contribution in [3.05, 3.63) is 29.8 Å². The first-order valence-corrected chi connectivity index (χ1v) is 13.0. The van der Waals surface area contributed by atoms with Crippen molar-refractivity contribution < 1.29 is 4.74 Å². The third-order valence-corrected chi connectivity index (χ3v) is 8.06. The van der Waals surface area contributed by atoms with Crippen LogP contribution in [0.25, 0.3) is 27.6 Å². The van der Waals surface area contributed by atoms with Crippen molar-refractivity contribution in [3.8, 4) is 27.7 Å². The van der Waals surface area contributed by atoms with Gasteiger partial charge in [-0.1, -0.05) is 25.2 Å². The lowest BCUT2D eigenvalue weighted by molar-refractivity contribution is 0.186. The van der Waals surface area contributed by atoms with E-state index in [0.29, 0.717) is 23.5 Å². The summed E-state index contributed by atoms with van der Waals surface area (Å²) in [5.41, 5.74) is 5.71. The van der Waals surface area contributed by atoms with Crippen molar-refractivity contribution in [2.24, 2.45) is 0 Å². The lowest BCUT2D eigenvalue weighted by Gasteiger charge is -2.42. The third-order valence-electron chi connectivity index (χ3n) is 6.85. The van der Waals surface area contributed by atoms with Crippen molar-refractivity contribution in [2.75, 3.05) is 31.6 Å². The molecule has 10 heteroatoms. The maximum atomic E-state index is 5.58. The van der Waals surface area contributed by atoms with Gasteiger partial charge in [0.05, 0.1) is 24.2 Å². The van der Waals surface area contributed by atoms with Crippen molar-refractivity contribution in [1.82, 2.24) is 34.7 Å². The number of methoxy groups -OCH3 is 1. The van der Waals surface area contributed by atoms with Crippen LogP contribution < -0.4 is 9.64 Å². The van der Waals surface area contributed by atoms with E-state index < -0.39 is 0 Å². The molecule has 0 radical (unpaired) electrons. The van der Waals surface area contributed by atoms with Crippen molar-refractivity contribution in [1.29, 1.82) is 0 Å². The van der Waals surface area contributed by atoms with Gasteiger partial charge in [-0.3, -0.25) is 10.00 Å². The highest BCUT2D eigenvalue weighted by Crippen LogP contribution is 2.41. The Bertz CT molecular complexity index is 1340. The molecule has 1 aliphatic rings. The van der Waals surface area contributed by atoms with Gasteiger partial charge in [-0.2, -0.15) is 10.2 Å². The largest absolute Gasteiger partial charge is 0.493 e. The van der Waals surface area contributed by atoms with Gasteiger partial charge in [0.2, 0.25) is 0 Å². The van der Waals surface area contributed by atoms with Crippen LogP contribution in [0.2, 0.25) is 0 Å². The molecule has 1 N–H and O–H groups in total. The highest BCUT2D eigenvalue weighted by atomic mass is 32.1. The maximum Gasteiger partial charge on any atom is 0.197 e. The molecule has 5 rings (SSSR count). The lowest BCUT2D eigenvalue weighted by Crippen LogP contribution is -2.53. The number of fused-ring (bicyclic) bond motifs is 1. The van der Waals surface area contributed by atoms with Crippen LogP contribution in [0.15, 0.2) is 18.6 Å². The fourth-order valence-corrected chi connectivity index (χ4v) is 6.19. The summed E-state index contributed by atoms with van der Waals surface area (Å²) in [7, 11) is 1.65. The molecule has 0 saturated carbocycles. The minimum Gasteiger partial charge on any atom is -0.493 e. The number of nitrogens with zero attached hydrogens (tertiary/aromatic N) is 7. The Morgan fingerprint density at radius 2 is 2.00 bits per heavy atom. The molecule has 0 amide bonds. The summed E-state index contributed by atoms with van der Waals surface area (Å²) in [5.74, 6) is 0.915. The number of nitrogens with one attached hydrogen (secondary N) is 1. The molecule has 4 aromatic heterocycles. The fraction of sp³-hybridized carbons (Fsp3) is 0.520. The van der Waals surface area contributed by atoms with Gasteiger partial charge in [-0.25, -0.2) is 14.5 Å². The Morgan fingerprint density at radius 3 is 2.69 bits per heavy atom. The number of anilines is 1. The quantitative estimate of drug-likeness (QED) is 0.419. The van der Waals surface area contributed by atoms with Crippen LogP contribution in [0, 0.1) is 6.92 Å². The number of hydrogen-bond acceptors (Lipinski definition) is 8. The van der Waals surface area contributed by atoms with Crippen LogP contribution in [0.1, 0.15) is 51.8 Å². The predicted octanol–water partition coefficient (Wildman–Crippen LogP) is 4.60. The Balaban J connectivity index is 1.53. The molecule has 4 aromatic rings. The molecule has 1 aliphatic heterocycles. The minimum absolute atomic E-state index is 0.248. The number of thiazole rings is 1. The monoisotopic (exact) mass is 494 g/mol. The van der Waals surface area contributed by atoms with E-state index in [1.54, 1.807) is 23.0 Å². The number of aromatic nitrogens is 6. The summed E-state index contributed by atoms with van der Waals surface area (Å²) in [6.07, 6.45) is 3.48. The van der Waals surface area contributed by atoms with E-state index in [2.05, 4.69) is 66.5 Å². The molecular weight excluding hydrogens is 460 g/mol. The zero-order valence-corrected chi connectivity index (χ0v) is 22.3. The number of hydrogen-bond donors (Lipinski definition) is 1. The molecule has 0 unspecified atom stereocenters. The van der Waals surface area contributed by atoms with Crippen LogP contribution >= 0.6 is 11.3 Å². The second kappa shape index (κ2) is 9.23. The molecule has 1 fully saturated rings. The van der Waals surface area contributed by atoms with E-state index >= 15 is 0 Å². The molecule has 0 bridgehead atoms. The average molecular weight is 495 g/mol. The second-order valence-electron chi connectivity index (χ2n) is 9.88. The molecule has 0 spiro atoms. The van der Waals surface area contributed by atoms with E-state index in [9.17, 15) is 0 Å². The average Bonchev–Trinajstić information content (AvgIpc) is 3.56. The van der Waals surface area contributed by atoms with E-state index in [-0.39, 0.29) is 5.92 Å². The summed E-state index contributed by atoms with van der Waals surface area (Å²) in [6.45, 7) is 16.5. The second-order valence-corrected chi connectivity index (χ2v) is 10.9. The zero-order valence-electron chi connectivity index (χ0n) is 21.5. The number of ether oxygens (including phenoxy) is 1. The number of pyridine rings is 1. The van der Waals surface area contributed by atoms with Crippen LogP contribution in [-0.2, 0) is 0 Å². The zero-order chi connectivity index (χ0) is 24.9. The number of aromatic amines is 1. The van der Waals surface area contributed by atoms with Crippen LogP contribution in [-0.4, -0.2) is 73.5 Å². The van der Waals surface area contributed by atoms with Crippen molar-refractivity contribution in [3.63, 3.8) is 0 Å². The number of H-pyrrole nitrogens is 1. The van der Waals surface area contributed by atoms with E-state index in [1.807, 2.05) is 12.3 Å². The van der Waals surface area contributed by atoms with E-state index in [1.165, 1.54) is 11.3 Å². The molecule has 186 valence electrons. The lowest BCUT2D eigenvalue weighted by atomic mass is 9.97. The van der Waals surface area contributed by atoms with Crippen molar-refractivity contribution >= 4 is 22.0 Å². The smallest absolute Gasteiger partial charge is 0.197 e. The molecule has 35 heavy (non-hydrogen) atoms. The van der Waals surface area contributed by atoms with E-state index in [0.717, 1.165) is 52.9 Å². The summed E-state index contributed by atoms with van der Waals surface area (Å²) in [4.78, 5) is 14.4. The SMILES string of the molecule is COc1cc(-c2n[nH]c(-c3nc(C)c(N4CCN(C(C)C)C[C@H]4C)s3)c2C(C)C)cn2ncnc12. The van der Waals surface area contributed by atoms with Crippen molar-refractivity contribution in [2.45, 2.75) is 59.5 Å². The summed E-state index contributed by atoms with van der Waals surface area (Å²) in [6, 6.07) is 3.00. The van der Waals surface area contributed by atoms with Gasteiger partial charge in [0.1, 0.15) is 16.3 Å². The Morgan fingerprint density at radius 1 is 1.20 bits per heavy atom. The fourth-order valence-electron chi connectivity index (χ4n) is 4.99. The van der Waals surface area contributed by atoms with Gasteiger partial charge in [-0.05, 0) is 39.7 Å². The van der Waals surface area contributed by atoms with Gasteiger partial charge in [0.15, 0.2) is 11.4 Å². The molecule has 0 aliphatic carbocycles. The van der Waals surface area contributed by atoms with Gasteiger partial charge < -0.3 is 9.64 Å². The maximum absolute atomic E-state index is 5.58. The number of rotatable bonds is 6. The normalized spacial score (nSPS) is 17.3. The van der Waals surface area contributed by atoms with Gasteiger partial charge in [0, 0.05) is 49.0 Å². The number of aryl methyl sites for hydroxylation is 1. The predicted molar refractivity (Wildman–Crippen MR) is 141 cm³/mol. The first kappa shape index (κ1) is 23.7. The summed E-state index contributed by atoms with van der Waals surface area (Å²) >= 11 is 1.76. The Kier molecular flexibility index (Phi) is 6.27. The Labute approximate surface area is 210 Å². The first-order valence-electron chi connectivity index (χ1n) is 12.2. The number of piperazine rings is 1. The molecule has 5 heterocycles. The molecular formula is C25H34N8OS. The van der Waals surface area contributed by atoms with Crippen LogP contribution in [0.5, 0.6) is 5.75 Å². The topological polar surface area (TPSA) is 87.5 Å². The first-order chi connectivity index (χ1) is 16.8. The van der Waals surface area contributed by atoms with E-state index in [4.69, 9.17) is 14.8 Å². The standard InChI is InChI=1S/C25H34N8OS/c1-14(2)20-21(18-10-19(34-7)23-26-13-27-33(23)12-18)29-30-22(20)24-28-17(6)25(35-24)32-9-8-31(15(3)4)11-16(32)5/h10,12-16H,8-9,11H2,1-7H3,(H,29,30)/t16-/m1/s1. The molecule has 0 aromatic carbocycles. The van der Waals surface area contributed by atoms with Crippen LogP contribution in [0.4, 0.5) is 5.00 Å². The molecule has 1 atom stereocenters. The van der Waals surface area contributed by atoms with Crippen LogP contribution in [0.3, 0.4) is 0 Å². The summed E-state index contributed by atoms with van der Waals surface area (Å²) < 4.78 is 7.31. The van der Waals surface area contributed by atoms with Gasteiger partial charge >= 0.3 is 0 Å². The third kappa shape index (κ3) is 4.18. The molecule has 9 nitrogen and oxygen atoms in total. The minimum atomic E-state index is 0.248. The summed E-state index contributed by atoms with van der Waals surface area (Å²) in [5, 5.41) is 14.6. The molecule has 1 saturated heterocycles. The highest BCUT2D eigenvalue weighted by Gasteiger charge is 2.29.